The van der Waals surface area contributed by atoms with Crippen molar-refractivity contribution in [2.75, 3.05) is 27.3 Å². The van der Waals surface area contributed by atoms with E-state index in [1.807, 2.05) is 0 Å². The first-order chi connectivity index (χ1) is 8.35. The molecule has 1 aromatic rings. The van der Waals surface area contributed by atoms with E-state index in [0.29, 0.717) is 12.5 Å². The zero-order chi connectivity index (χ0) is 12.1. The van der Waals surface area contributed by atoms with Crippen LogP contribution in [0.3, 0.4) is 0 Å². The van der Waals surface area contributed by atoms with Crippen LogP contribution in [-0.4, -0.2) is 27.3 Å². The Balaban J connectivity index is 2.24. The van der Waals surface area contributed by atoms with E-state index in [9.17, 15) is 0 Å². The minimum atomic E-state index is 0.565. The molecule has 1 aliphatic rings. The highest BCUT2D eigenvalue weighted by Crippen LogP contribution is 2.32. The molecule has 0 aliphatic carbocycles. The Morgan fingerprint density at radius 3 is 2.88 bits per heavy atom. The van der Waals surface area contributed by atoms with Crippen LogP contribution in [-0.2, 0) is 11.3 Å². The third kappa shape index (κ3) is 2.99. The van der Waals surface area contributed by atoms with Crippen LogP contribution in [0.5, 0.6) is 5.75 Å². The molecule has 2 rings (SSSR count). The summed E-state index contributed by atoms with van der Waals surface area (Å²) in [5.41, 5.74) is 2.53. The van der Waals surface area contributed by atoms with Gasteiger partial charge in [0.25, 0.3) is 0 Å². The van der Waals surface area contributed by atoms with E-state index in [-0.39, 0.29) is 0 Å². The molecule has 0 saturated carbocycles. The van der Waals surface area contributed by atoms with E-state index >= 15 is 0 Å². The highest BCUT2D eigenvalue weighted by atomic mass is 16.5. The quantitative estimate of drug-likeness (QED) is 0.868. The average molecular weight is 235 g/mol. The van der Waals surface area contributed by atoms with Crippen LogP contribution in [0.2, 0.25) is 0 Å². The van der Waals surface area contributed by atoms with Gasteiger partial charge in [-0.1, -0.05) is 6.07 Å². The van der Waals surface area contributed by atoms with Crippen molar-refractivity contribution in [1.82, 2.24) is 5.32 Å². The monoisotopic (exact) mass is 235 g/mol. The fourth-order valence-corrected chi connectivity index (χ4v) is 2.48. The second kappa shape index (κ2) is 6.03. The summed E-state index contributed by atoms with van der Waals surface area (Å²) in [5, 5.41) is 3.45. The standard InChI is InChI=1S/C14H21NO2/c1-16-10-11-5-6-14(17-2)13(8-11)12-4-3-7-15-9-12/h5-6,8,12,15H,3-4,7,9-10H2,1-2H3. The Bertz CT molecular complexity index is 359. The van der Waals surface area contributed by atoms with E-state index < -0.39 is 0 Å². The lowest BCUT2D eigenvalue weighted by Crippen LogP contribution is -2.28. The smallest absolute Gasteiger partial charge is 0.122 e. The van der Waals surface area contributed by atoms with E-state index in [1.54, 1.807) is 14.2 Å². The molecule has 1 aromatic carbocycles. The molecule has 3 nitrogen and oxygen atoms in total. The summed E-state index contributed by atoms with van der Waals surface area (Å²) in [6, 6.07) is 6.35. The van der Waals surface area contributed by atoms with Crippen molar-refractivity contribution < 1.29 is 9.47 Å². The molecule has 1 unspecified atom stereocenters. The van der Waals surface area contributed by atoms with Gasteiger partial charge in [0, 0.05) is 19.6 Å². The number of methoxy groups -OCH3 is 2. The maximum Gasteiger partial charge on any atom is 0.122 e. The Morgan fingerprint density at radius 2 is 2.24 bits per heavy atom. The van der Waals surface area contributed by atoms with Crippen LogP contribution in [0.15, 0.2) is 18.2 Å². The van der Waals surface area contributed by atoms with Crippen molar-refractivity contribution >= 4 is 0 Å². The van der Waals surface area contributed by atoms with E-state index in [2.05, 4.69) is 23.5 Å². The fraction of sp³-hybridized carbons (Fsp3) is 0.571. The second-order valence-corrected chi connectivity index (χ2v) is 4.55. The van der Waals surface area contributed by atoms with Gasteiger partial charge in [0.1, 0.15) is 5.75 Å². The molecule has 3 heteroatoms. The molecule has 1 aliphatic heterocycles. The summed E-state index contributed by atoms with van der Waals surface area (Å²) in [4.78, 5) is 0. The topological polar surface area (TPSA) is 30.5 Å². The Kier molecular flexibility index (Phi) is 4.40. The van der Waals surface area contributed by atoms with Crippen LogP contribution >= 0.6 is 0 Å². The van der Waals surface area contributed by atoms with Gasteiger partial charge in [-0.25, -0.2) is 0 Å². The molecule has 0 bridgehead atoms. The van der Waals surface area contributed by atoms with E-state index in [1.165, 1.54) is 24.0 Å². The van der Waals surface area contributed by atoms with Gasteiger partial charge in [0.15, 0.2) is 0 Å². The van der Waals surface area contributed by atoms with Crippen molar-refractivity contribution in [3.63, 3.8) is 0 Å². The SMILES string of the molecule is COCc1ccc(OC)c(C2CCCNC2)c1. The number of rotatable bonds is 4. The predicted molar refractivity (Wildman–Crippen MR) is 68.6 cm³/mol. The number of piperidine rings is 1. The van der Waals surface area contributed by atoms with Crippen LogP contribution in [0.1, 0.15) is 29.9 Å². The summed E-state index contributed by atoms with van der Waals surface area (Å²) >= 11 is 0. The maximum atomic E-state index is 5.46. The molecule has 1 saturated heterocycles. The van der Waals surface area contributed by atoms with Gasteiger partial charge in [-0.15, -0.1) is 0 Å². The average Bonchev–Trinajstić information content (AvgIpc) is 2.40. The largest absolute Gasteiger partial charge is 0.496 e. The number of ether oxygens (including phenoxy) is 2. The number of hydrogen-bond donors (Lipinski definition) is 1. The zero-order valence-electron chi connectivity index (χ0n) is 10.7. The van der Waals surface area contributed by atoms with Crippen molar-refractivity contribution in [2.45, 2.75) is 25.4 Å². The van der Waals surface area contributed by atoms with Gasteiger partial charge in [0.05, 0.1) is 13.7 Å². The van der Waals surface area contributed by atoms with Gasteiger partial charge in [0.2, 0.25) is 0 Å². The summed E-state index contributed by atoms with van der Waals surface area (Å²) in [6.07, 6.45) is 2.47. The first kappa shape index (κ1) is 12.4. The van der Waals surface area contributed by atoms with Crippen LogP contribution in [0.4, 0.5) is 0 Å². The first-order valence-corrected chi connectivity index (χ1v) is 6.21. The second-order valence-electron chi connectivity index (χ2n) is 4.55. The molecule has 1 N–H and O–H groups in total. The summed E-state index contributed by atoms with van der Waals surface area (Å²) < 4.78 is 10.7. The Morgan fingerprint density at radius 1 is 1.35 bits per heavy atom. The molecule has 1 heterocycles. The van der Waals surface area contributed by atoms with Crippen molar-refractivity contribution in [2.24, 2.45) is 0 Å². The van der Waals surface area contributed by atoms with Crippen molar-refractivity contribution in [3.8, 4) is 5.75 Å². The van der Waals surface area contributed by atoms with Gasteiger partial charge in [-0.3, -0.25) is 0 Å². The normalized spacial score (nSPS) is 20.2. The minimum absolute atomic E-state index is 0.565. The van der Waals surface area contributed by atoms with E-state index in [0.717, 1.165) is 18.8 Å². The van der Waals surface area contributed by atoms with Crippen LogP contribution in [0.25, 0.3) is 0 Å². The summed E-state index contributed by atoms with van der Waals surface area (Å²) in [5.74, 6) is 1.56. The maximum absolute atomic E-state index is 5.46. The molecule has 0 radical (unpaired) electrons. The molecule has 94 valence electrons. The molecule has 0 spiro atoms. The van der Waals surface area contributed by atoms with Crippen molar-refractivity contribution in [1.29, 1.82) is 0 Å². The van der Waals surface area contributed by atoms with Gasteiger partial charge >= 0.3 is 0 Å². The minimum Gasteiger partial charge on any atom is -0.496 e. The van der Waals surface area contributed by atoms with Crippen molar-refractivity contribution in [3.05, 3.63) is 29.3 Å². The molecule has 17 heavy (non-hydrogen) atoms. The summed E-state index contributed by atoms with van der Waals surface area (Å²) in [6.45, 7) is 2.85. The summed E-state index contributed by atoms with van der Waals surface area (Å²) in [7, 11) is 3.47. The van der Waals surface area contributed by atoms with Gasteiger partial charge in [-0.2, -0.15) is 0 Å². The van der Waals surface area contributed by atoms with Crippen LogP contribution < -0.4 is 10.1 Å². The van der Waals surface area contributed by atoms with Gasteiger partial charge in [-0.05, 0) is 42.6 Å². The van der Waals surface area contributed by atoms with Crippen LogP contribution in [0, 0.1) is 0 Å². The zero-order valence-corrected chi connectivity index (χ0v) is 10.7. The molecule has 0 aromatic heterocycles. The highest BCUT2D eigenvalue weighted by Gasteiger charge is 2.19. The first-order valence-electron chi connectivity index (χ1n) is 6.21. The Hall–Kier alpha value is -1.06. The molecular weight excluding hydrogens is 214 g/mol. The fourth-order valence-electron chi connectivity index (χ4n) is 2.48. The number of nitrogens with one attached hydrogen (secondary N) is 1. The van der Waals surface area contributed by atoms with Gasteiger partial charge < -0.3 is 14.8 Å². The third-order valence-corrected chi connectivity index (χ3v) is 3.34. The lowest BCUT2D eigenvalue weighted by Gasteiger charge is -2.25. The molecule has 1 atom stereocenters. The lowest BCUT2D eigenvalue weighted by molar-refractivity contribution is 0.184. The number of benzene rings is 1. The van der Waals surface area contributed by atoms with E-state index in [4.69, 9.17) is 9.47 Å². The molecule has 0 amide bonds. The molecular formula is C14H21NO2. The Labute approximate surface area is 103 Å². The third-order valence-electron chi connectivity index (χ3n) is 3.34. The predicted octanol–water partition coefficient (Wildman–Crippen LogP) is 2.31. The number of hydrogen-bond acceptors (Lipinski definition) is 3. The highest BCUT2D eigenvalue weighted by molar-refractivity contribution is 5.40. The molecule has 1 fully saturated rings. The lowest BCUT2D eigenvalue weighted by atomic mass is 9.90.